The van der Waals surface area contributed by atoms with Crippen LogP contribution < -0.4 is 10.5 Å². The maximum atomic E-state index is 13.8. The first-order valence-electron chi connectivity index (χ1n) is 5.45. The summed E-state index contributed by atoms with van der Waals surface area (Å²) in [5, 5.41) is 0. The SMILES string of the molecule is COc1cc(F)c(C2(CN)CC(F)(F)C2)c(F)c1. The number of ether oxygens (including phenoxy) is 1. The molecule has 0 aromatic heterocycles. The van der Waals surface area contributed by atoms with Gasteiger partial charge in [-0.25, -0.2) is 17.6 Å². The van der Waals surface area contributed by atoms with E-state index in [0.717, 1.165) is 12.1 Å². The number of nitrogens with two attached hydrogens (primary N) is 1. The number of alkyl halides is 2. The molecule has 1 aliphatic carbocycles. The van der Waals surface area contributed by atoms with E-state index in [1.807, 2.05) is 0 Å². The second-order valence-electron chi connectivity index (χ2n) is 4.66. The Balaban J connectivity index is 2.45. The summed E-state index contributed by atoms with van der Waals surface area (Å²) in [5.74, 6) is -4.69. The fourth-order valence-electron chi connectivity index (χ4n) is 2.54. The van der Waals surface area contributed by atoms with Gasteiger partial charge in [0.25, 0.3) is 0 Å². The van der Waals surface area contributed by atoms with Gasteiger partial charge < -0.3 is 10.5 Å². The van der Waals surface area contributed by atoms with Crippen LogP contribution in [0.25, 0.3) is 0 Å². The molecule has 1 aliphatic rings. The normalized spacial score (nSPS) is 20.3. The van der Waals surface area contributed by atoms with Crippen molar-refractivity contribution in [3.05, 3.63) is 29.3 Å². The van der Waals surface area contributed by atoms with E-state index in [1.54, 1.807) is 0 Å². The summed E-state index contributed by atoms with van der Waals surface area (Å²) in [6.07, 6.45) is -1.26. The number of halogens is 4. The average Bonchev–Trinajstić information content (AvgIpc) is 2.24. The van der Waals surface area contributed by atoms with E-state index in [0.29, 0.717) is 0 Å². The van der Waals surface area contributed by atoms with Crippen LogP contribution in [0.1, 0.15) is 18.4 Å². The van der Waals surface area contributed by atoms with Crippen LogP contribution in [-0.2, 0) is 5.41 Å². The highest BCUT2D eigenvalue weighted by Gasteiger charge is 2.58. The van der Waals surface area contributed by atoms with Gasteiger partial charge >= 0.3 is 0 Å². The number of hydrogen-bond acceptors (Lipinski definition) is 2. The molecule has 0 unspecified atom stereocenters. The Kier molecular flexibility index (Phi) is 3.01. The minimum atomic E-state index is -2.90. The summed E-state index contributed by atoms with van der Waals surface area (Å²) in [4.78, 5) is 0. The van der Waals surface area contributed by atoms with Crippen LogP contribution in [-0.4, -0.2) is 19.6 Å². The lowest BCUT2D eigenvalue weighted by Crippen LogP contribution is -2.54. The van der Waals surface area contributed by atoms with Gasteiger partial charge in [-0.2, -0.15) is 0 Å². The Labute approximate surface area is 102 Å². The standard InChI is InChI=1S/C12H13F4NO/c1-18-7-2-8(13)10(9(14)3-7)11(6-17)4-12(15,16)5-11/h2-3H,4-6,17H2,1H3. The molecule has 1 aromatic rings. The Morgan fingerprint density at radius 3 is 2.06 bits per heavy atom. The zero-order valence-corrected chi connectivity index (χ0v) is 9.77. The highest BCUT2D eigenvalue weighted by molar-refractivity contribution is 5.38. The van der Waals surface area contributed by atoms with Crippen LogP contribution >= 0.6 is 0 Å². The van der Waals surface area contributed by atoms with E-state index in [2.05, 4.69) is 0 Å². The molecule has 0 atom stereocenters. The third-order valence-electron chi connectivity index (χ3n) is 3.37. The van der Waals surface area contributed by atoms with Crippen LogP contribution in [0.15, 0.2) is 12.1 Å². The predicted octanol–water partition coefficient (Wildman–Crippen LogP) is 2.60. The first kappa shape index (κ1) is 13.1. The molecule has 100 valence electrons. The summed E-state index contributed by atoms with van der Waals surface area (Å²) in [7, 11) is 1.27. The molecule has 6 heteroatoms. The van der Waals surface area contributed by atoms with Crippen molar-refractivity contribution in [3.63, 3.8) is 0 Å². The second-order valence-corrected chi connectivity index (χ2v) is 4.66. The van der Waals surface area contributed by atoms with Crippen LogP contribution in [0.5, 0.6) is 5.75 Å². The van der Waals surface area contributed by atoms with E-state index in [9.17, 15) is 17.6 Å². The first-order valence-corrected chi connectivity index (χ1v) is 5.45. The van der Waals surface area contributed by atoms with Crippen molar-refractivity contribution in [1.29, 1.82) is 0 Å². The fraction of sp³-hybridized carbons (Fsp3) is 0.500. The third kappa shape index (κ3) is 1.94. The van der Waals surface area contributed by atoms with Gasteiger partial charge in [0.15, 0.2) is 0 Å². The summed E-state index contributed by atoms with van der Waals surface area (Å²) in [6, 6.07) is 1.96. The minimum absolute atomic E-state index is 0.00649. The van der Waals surface area contributed by atoms with E-state index >= 15 is 0 Å². The van der Waals surface area contributed by atoms with Gasteiger partial charge in [0.1, 0.15) is 17.4 Å². The van der Waals surface area contributed by atoms with Gasteiger partial charge in [0.2, 0.25) is 5.92 Å². The first-order chi connectivity index (χ1) is 8.33. The summed E-state index contributed by atoms with van der Waals surface area (Å²) in [5.41, 5.74) is 3.75. The Hall–Kier alpha value is -1.30. The number of benzene rings is 1. The molecule has 1 saturated carbocycles. The van der Waals surface area contributed by atoms with Crippen molar-refractivity contribution in [2.75, 3.05) is 13.7 Å². The van der Waals surface area contributed by atoms with E-state index < -0.39 is 35.8 Å². The smallest absolute Gasteiger partial charge is 0.250 e. The Morgan fingerprint density at radius 2 is 1.72 bits per heavy atom. The molecule has 0 spiro atoms. The molecule has 0 heterocycles. The van der Waals surface area contributed by atoms with Gasteiger partial charge in [-0.1, -0.05) is 0 Å². The monoisotopic (exact) mass is 263 g/mol. The third-order valence-corrected chi connectivity index (χ3v) is 3.37. The molecule has 0 aliphatic heterocycles. The molecule has 2 N–H and O–H groups in total. The van der Waals surface area contributed by atoms with Crippen molar-refractivity contribution in [2.45, 2.75) is 24.2 Å². The average molecular weight is 263 g/mol. The van der Waals surface area contributed by atoms with Crippen molar-refractivity contribution in [3.8, 4) is 5.75 Å². The zero-order valence-electron chi connectivity index (χ0n) is 9.77. The van der Waals surface area contributed by atoms with Crippen LogP contribution in [0.3, 0.4) is 0 Å². The molecule has 18 heavy (non-hydrogen) atoms. The van der Waals surface area contributed by atoms with Crippen LogP contribution in [0, 0.1) is 11.6 Å². The van der Waals surface area contributed by atoms with Crippen LogP contribution in [0.2, 0.25) is 0 Å². The second kappa shape index (κ2) is 4.12. The van der Waals surface area contributed by atoms with Gasteiger partial charge in [-0.05, 0) is 0 Å². The summed E-state index contributed by atoms with van der Waals surface area (Å²) in [6.45, 7) is -0.219. The van der Waals surface area contributed by atoms with E-state index in [4.69, 9.17) is 10.5 Å². The molecular formula is C12H13F4NO. The van der Waals surface area contributed by atoms with E-state index in [-0.39, 0.29) is 17.9 Å². The molecule has 2 rings (SSSR count). The Morgan fingerprint density at radius 1 is 1.22 bits per heavy atom. The van der Waals surface area contributed by atoms with Crippen molar-refractivity contribution < 1.29 is 22.3 Å². The van der Waals surface area contributed by atoms with Crippen molar-refractivity contribution in [2.24, 2.45) is 5.73 Å². The molecule has 2 nitrogen and oxygen atoms in total. The number of rotatable bonds is 3. The fourth-order valence-corrected chi connectivity index (χ4v) is 2.54. The topological polar surface area (TPSA) is 35.2 Å². The molecule has 1 aromatic carbocycles. The molecule has 0 amide bonds. The maximum absolute atomic E-state index is 13.8. The molecule has 0 radical (unpaired) electrons. The molecule has 0 saturated heterocycles. The van der Waals surface area contributed by atoms with Crippen molar-refractivity contribution in [1.82, 2.24) is 0 Å². The lowest BCUT2D eigenvalue weighted by molar-refractivity contribution is -0.125. The molecule has 1 fully saturated rings. The molecular weight excluding hydrogens is 250 g/mol. The van der Waals surface area contributed by atoms with Gasteiger partial charge in [0, 0.05) is 42.5 Å². The number of hydrogen-bond donors (Lipinski definition) is 1. The lowest BCUT2D eigenvalue weighted by atomic mass is 9.62. The minimum Gasteiger partial charge on any atom is -0.497 e. The predicted molar refractivity (Wildman–Crippen MR) is 57.8 cm³/mol. The van der Waals surface area contributed by atoms with E-state index in [1.165, 1.54) is 7.11 Å². The highest BCUT2D eigenvalue weighted by atomic mass is 19.3. The zero-order chi connectivity index (χ0) is 13.6. The highest BCUT2D eigenvalue weighted by Crippen LogP contribution is 2.54. The quantitative estimate of drug-likeness (QED) is 0.851. The van der Waals surface area contributed by atoms with Gasteiger partial charge in [-0.15, -0.1) is 0 Å². The summed E-state index contributed by atoms with van der Waals surface area (Å²) >= 11 is 0. The number of methoxy groups -OCH3 is 1. The summed E-state index contributed by atoms with van der Waals surface area (Å²) < 4.78 is 58.4. The largest absolute Gasteiger partial charge is 0.497 e. The van der Waals surface area contributed by atoms with Crippen LogP contribution in [0.4, 0.5) is 17.6 Å². The Bertz CT molecular complexity index is 444. The lowest BCUT2D eigenvalue weighted by Gasteiger charge is -2.47. The van der Waals surface area contributed by atoms with Gasteiger partial charge in [0.05, 0.1) is 7.11 Å². The van der Waals surface area contributed by atoms with Crippen molar-refractivity contribution >= 4 is 0 Å². The maximum Gasteiger partial charge on any atom is 0.250 e. The van der Waals surface area contributed by atoms with Gasteiger partial charge in [-0.3, -0.25) is 0 Å². The molecule has 0 bridgehead atoms.